The van der Waals surface area contributed by atoms with E-state index in [-0.39, 0.29) is 12.2 Å². The lowest BCUT2D eigenvalue weighted by Crippen LogP contribution is -2.06. The third-order valence-electron chi connectivity index (χ3n) is 2.49. The third-order valence-corrected chi connectivity index (χ3v) is 2.49. The summed E-state index contributed by atoms with van der Waals surface area (Å²) < 4.78 is 15.0. The summed E-state index contributed by atoms with van der Waals surface area (Å²) in [5.41, 5.74) is 6.61. The molecule has 0 spiro atoms. The zero-order valence-corrected chi connectivity index (χ0v) is 11.6. The highest BCUT2D eigenvalue weighted by atomic mass is 16.5. The molecule has 0 bridgehead atoms. The average Bonchev–Trinajstić information content (AvgIpc) is 2.46. The fraction of sp³-hybridized carbons (Fsp3) is 0.286. The lowest BCUT2D eigenvalue weighted by atomic mass is 10.1. The number of carbonyl (C=O) groups excluding carboxylic acids is 1. The van der Waals surface area contributed by atoms with Gasteiger partial charge in [-0.05, 0) is 30.7 Å². The fourth-order valence-corrected chi connectivity index (χ4v) is 1.55. The number of nitrogen functional groups attached to an aromatic ring is 1. The van der Waals surface area contributed by atoms with Gasteiger partial charge in [0, 0.05) is 0 Å². The zero-order chi connectivity index (χ0) is 15.1. The van der Waals surface area contributed by atoms with E-state index in [2.05, 4.69) is 0 Å². The van der Waals surface area contributed by atoms with Gasteiger partial charge >= 0.3 is 5.97 Å². The van der Waals surface area contributed by atoms with Crippen LogP contribution in [-0.4, -0.2) is 26.8 Å². The number of hydrogen-bond donors (Lipinski definition) is 1. The van der Waals surface area contributed by atoms with Crippen molar-refractivity contribution in [1.29, 1.82) is 5.26 Å². The van der Waals surface area contributed by atoms with Gasteiger partial charge in [0.15, 0.2) is 0 Å². The van der Waals surface area contributed by atoms with Crippen molar-refractivity contribution in [3.8, 4) is 17.6 Å². The Labute approximate surface area is 117 Å². The predicted molar refractivity (Wildman–Crippen MR) is 74.2 cm³/mol. The number of nitriles is 1. The molecule has 6 heteroatoms. The molecule has 0 fully saturated rings. The topological polar surface area (TPSA) is 94.6 Å². The summed E-state index contributed by atoms with van der Waals surface area (Å²) in [6.07, 6.45) is 1.39. The van der Waals surface area contributed by atoms with Crippen molar-refractivity contribution >= 4 is 17.7 Å². The van der Waals surface area contributed by atoms with Crippen LogP contribution in [0.5, 0.6) is 11.5 Å². The molecule has 0 aromatic heterocycles. The maximum Gasteiger partial charge on any atom is 0.348 e. The minimum atomic E-state index is -0.676. The number of nitrogens with two attached hydrogens (primary N) is 1. The van der Waals surface area contributed by atoms with Gasteiger partial charge in [-0.3, -0.25) is 0 Å². The number of benzene rings is 1. The molecule has 2 N–H and O–H groups in total. The molecular formula is C14H16N2O4. The van der Waals surface area contributed by atoms with Crippen LogP contribution in [0.2, 0.25) is 0 Å². The number of esters is 1. The van der Waals surface area contributed by atoms with Crippen molar-refractivity contribution in [2.24, 2.45) is 0 Å². The summed E-state index contributed by atoms with van der Waals surface area (Å²) in [6, 6.07) is 5.01. The monoisotopic (exact) mass is 276 g/mol. The number of nitrogens with zero attached hydrogens (tertiary/aromatic N) is 1. The second-order valence-corrected chi connectivity index (χ2v) is 3.73. The average molecular weight is 276 g/mol. The Balaban J connectivity index is 3.26. The molecule has 0 amide bonds. The number of anilines is 1. The standard InChI is InChI=1S/C14H16N2O4/c1-4-20-14(17)10(8-15)5-9-6-11(18-2)13(16)12(7-9)19-3/h5-7H,4,16H2,1-3H3/b10-5+. The predicted octanol–water partition coefficient (Wildman–Crippen LogP) is 1.76. The van der Waals surface area contributed by atoms with Crippen LogP contribution in [0.3, 0.4) is 0 Å². The smallest absolute Gasteiger partial charge is 0.348 e. The zero-order valence-electron chi connectivity index (χ0n) is 11.6. The molecule has 0 aliphatic rings. The fourth-order valence-electron chi connectivity index (χ4n) is 1.55. The Hall–Kier alpha value is -2.68. The van der Waals surface area contributed by atoms with Gasteiger partial charge < -0.3 is 19.9 Å². The van der Waals surface area contributed by atoms with E-state index in [9.17, 15) is 4.79 Å². The molecule has 1 aromatic rings. The van der Waals surface area contributed by atoms with Crippen molar-refractivity contribution in [3.63, 3.8) is 0 Å². The molecule has 1 rings (SSSR count). The number of ether oxygens (including phenoxy) is 3. The van der Waals surface area contributed by atoms with E-state index in [1.54, 1.807) is 25.1 Å². The molecule has 1 aromatic carbocycles. The third kappa shape index (κ3) is 3.42. The minimum absolute atomic E-state index is 0.110. The quantitative estimate of drug-likeness (QED) is 0.381. The van der Waals surface area contributed by atoms with Crippen LogP contribution in [0.1, 0.15) is 12.5 Å². The minimum Gasteiger partial charge on any atom is -0.494 e. The number of rotatable bonds is 5. The van der Waals surface area contributed by atoms with E-state index in [0.717, 1.165) is 0 Å². The Morgan fingerprint density at radius 1 is 1.35 bits per heavy atom. The van der Waals surface area contributed by atoms with Crippen LogP contribution < -0.4 is 15.2 Å². The maximum absolute atomic E-state index is 11.6. The molecule has 20 heavy (non-hydrogen) atoms. The van der Waals surface area contributed by atoms with E-state index in [1.807, 2.05) is 0 Å². The summed E-state index contributed by atoms with van der Waals surface area (Å²) in [7, 11) is 2.93. The highest BCUT2D eigenvalue weighted by Crippen LogP contribution is 2.33. The van der Waals surface area contributed by atoms with Gasteiger partial charge in [-0.25, -0.2) is 4.79 Å². The van der Waals surface area contributed by atoms with Crippen molar-refractivity contribution in [2.75, 3.05) is 26.6 Å². The van der Waals surface area contributed by atoms with Gasteiger partial charge in [0.05, 0.1) is 20.8 Å². The van der Waals surface area contributed by atoms with Gasteiger partial charge in [-0.1, -0.05) is 0 Å². The van der Waals surface area contributed by atoms with Gasteiger partial charge in [-0.2, -0.15) is 5.26 Å². The SMILES string of the molecule is CCOC(=O)/C(C#N)=C/c1cc(OC)c(N)c(OC)c1. The summed E-state index contributed by atoms with van der Waals surface area (Å²) in [5, 5.41) is 8.99. The van der Waals surface area contributed by atoms with Crippen molar-refractivity contribution in [2.45, 2.75) is 6.92 Å². The molecule has 0 heterocycles. The van der Waals surface area contributed by atoms with E-state index in [4.69, 9.17) is 25.2 Å². The maximum atomic E-state index is 11.6. The molecule has 106 valence electrons. The van der Waals surface area contributed by atoms with Gasteiger partial charge in [0.1, 0.15) is 28.8 Å². The van der Waals surface area contributed by atoms with Crippen LogP contribution in [0.15, 0.2) is 17.7 Å². The molecule has 0 unspecified atom stereocenters. The molecule has 0 aliphatic heterocycles. The first-order chi connectivity index (χ1) is 9.57. The van der Waals surface area contributed by atoms with Gasteiger partial charge in [0.25, 0.3) is 0 Å². The Morgan fingerprint density at radius 3 is 2.30 bits per heavy atom. The molecule has 0 atom stereocenters. The lowest BCUT2D eigenvalue weighted by molar-refractivity contribution is -0.137. The first-order valence-electron chi connectivity index (χ1n) is 5.87. The number of carbonyl (C=O) groups is 1. The summed E-state index contributed by atoms with van der Waals surface area (Å²) >= 11 is 0. The summed E-state index contributed by atoms with van der Waals surface area (Å²) in [5.74, 6) is 0.123. The summed E-state index contributed by atoms with van der Waals surface area (Å²) in [4.78, 5) is 11.6. The number of hydrogen-bond acceptors (Lipinski definition) is 6. The molecule has 0 saturated carbocycles. The Kier molecular flexibility index (Phi) is 5.42. The summed E-state index contributed by atoms with van der Waals surface area (Å²) in [6.45, 7) is 1.87. The van der Waals surface area contributed by atoms with Crippen LogP contribution in [0.25, 0.3) is 6.08 Å². The van der Waals surface area contributed by atoms with Gasteiger partial charge in [0.2, 0.25) is 0 Å². The van der Waals surface area contributed by atoms with Crippen molar-refractivity contribution in [3.05, 3.63) is 23.3 Å². The lowest BCUT2D eigenvalue weighted by Gasteiger charge is -2.10. The van der Waals surface area contributed by atoms with E-state index < -0.39 is 5.97 Å². The van der Waals surface area contributed by atoms with Crippen LogP contribution in [0, 0.1) is 11.3 Å². The van der Waals surface area contributed by atoms with E-state index >= 15 is 0 Å². The molecular weight excluding hydrogens is 260 g/mol. The Morgan fingerprint density at radius 2 is 1.90 bits per heavy atom. The van der Waals surface area contributed by atoms with Crippen LogP contribution in [-0.2, 0) is 9.53 Å². The number of methoxy groups -OCH3 is 2. The van der Waals surface area contributed by atoms with E-state index in [0.29, 0.717) is 22.7 Å². The normalized spacial score (nSPS) is 10.6. The second kappa shape index (κ2) is 7.04. The highest BCUT2D eigenvalue weighted by molar-refractivity contribution is 5.98. The molecule has 0 aliphatic carbocycles. The molecule has 0 radical (unpaired) electrons. The first kappa shape index (κ1) is 15.4. The van der Waals surface area contributed by atoms with Crippen LogP contribution in [0.4, 0.5) is 5.69 Å². The highest BCUT2D eigenvalue weighted by Gasteiger charge is 2.12. The Bertz CT molecular complexity index is 548. The second-order valence-electron chi connectivity index (χ2n) is 3.73. The molecule has 0 saturated heterocycles. The van der Waals surface area contributed by atoms with E-state index in [1.165, 1.54) is 20.3 Å². The van der Waals surface area contributed by atoms with Crippen molar-refractivity contribution in [1.82, 2.24) is 0 Å². The van der Waals surface area contributed by atoms with Crippen molar-refractivity contribution < 1.29 is 19.0 Å². The largest absolute Gasteiger partial charge is 0.494 e. The molecule has 6 nitrogen and oxygen atoms in total. The van der Waals surface area contributed by atoms with Crippen LogP contribution >= 0.6 is 0 Å². The first-order valence-corrected chi connectivity index (χ1v) is 5.87. The van der Waals surface area contributed by atoms with Gasteiger partial charge in [-0.15, -0.1) is 0 Å².